The van der Waals surface area contributed by atoms with Gasteiger partial charge in [0.05, 0.1) is 12.6 Å². The van der Waals surface area contributed by atoms with E-state index in [4.69, 9.17) is 0 Å². The molecule has 1 fully saturated rings. The zero-order valence-electron chi connectivity index (χ0n) is 12.9. The molecular weight excluding hydrogens is 266 g/mol. The van der Waals surface area contributed by atoms with Crippen LogP contribution in [0.5, 0.6) is 0 Å². The Bertz CT molecular complexity index is 468. The van der Waals surface area contributed by atoms with Crippen LogP contribution in [0.3, 0.4) is 0 Å². The van der Waals surface area contributed by atoms with Crippen LogP contribution in [0, 0.1) is 0 Å². The highest BCUT2D eigenvalue weighted by Gasteiger charge is 2.26. The first-order valence-electron chi connectivity index (χ1n) is 7.80. The number of rotatable bonds is 4. The highest BCUT2D eigenvalue weighted by atomic mass is 16.3. The standard InChI is InChI=1S/C16H25N3O2/c1-3-13-9-12(10-15(17-2)18-13)16(21)19-8-6-4-5-7-14(19)11-20/h9-10,14,20H,3-8,11H2,1-2H3,(H,17,18). The van der Waals surface area contributed by atoms with Crippen molar-refractivity contribution in [2.24, 2.45) is 0 Å². The lowest BCUT2D eigenvalue weighted by molar-refractivity contribution is 0.0599. The van der Waals surface area contributed by atoms with E-state index in [1.54, 1.807) is 13.1 Å². The van der Waals surface area contributed by atoms with Crippen molar-refractivity contribution in [3.8, 4) is 0 Å². The van der Waals surface area contributed by atoms with Crippen molar-refractivity contribution in [3.63, 3.8) is 0 Å². The third kappa shape index (κ3) is 3.73. The lowest BCUT2D eigenvalue weighted by atomic mass is 10.1. The number of carbonyl (C=O) groups excluding carboxylic acids is 1. The highest BCUT2D eigenvalue weighted by Crippen LogP contribution is 2.20. The van der Waals surface area contributed by atoms with Crippen molar-refractivity contribution in [2.45, 2.75) is 45.1 Å². The molecule has 2 N–H and O–H groups in total. The molecule has 0 saturated carbocycles. The van der Waals surface area contributed by atoms with E-state index in [-0.39, 0.29) is 18.6 Å². The molecule has 1 unspecified atom stereocenters. The van der Waals surface area contributed by atoms with Gasteiger partial charge in [-0.05, 0) is 31.4 Å². The molecule has 1 aliphatic rings. The van der Waals surface area contributed by atoms with Crippen LogP contribution in [-0.4, -0.2) is 47.1 Å². The van der Waals surface area contributed by atoms with Gasteiger partial charge in [-0.1, -0.05) is 19.8 Å². The average Bonchev–Trinajstić information content (AvgIpc) is 2.78. The molecule has 2 heterocycles. The van der Waals surface area contributed by atoms with Gasteiger partial charge in [-0.25, -0.2) is 4.98 Å². The number of carbonyl (C=O) groups is 1. The van der Waals surface area contributed by atoms with E-state index in [1.807, 2.05) is 17.9 Å². The predicted octanol–water partition coefficient (Wildman–Crippen LogP) is 2.06. The monoisotopic (exact) mass is 291 g/mol. The van der Waals surface area contributed by atoms with Gasteiger partial charge in [0.15, 0.2) is 0 Å². The van der Waals surface area contributed by atoms with Crippen molar-refractivity contribution in [2.75, 3.05) is 25.5 Å². The lowest BCUT2D eigenvalue weighted by Crippen LogP contribution is -2.42. The molecule has 1 aromatic heterocycles. The van der Waals surface area contributed by atoms with Crippen LogP contribution in [-0.2, 0) is 6.42 Å². The van der Waals surface area contributed by atoms with Crippen LogP contribution < -0.4 is 5.32 Å². The summed E-state index contributed by atoms with van der Waals surface area (Å²) in [6.45, 7) is 2.79. The number of pyridine rings is 1. The van der Waals surface area contributed by atoms with Gasteiger partial charge in [-0.2, -0.15) is 0 Å². The summed E-state index contributed by atoms with van der Waals surface area (Å²) in [5, 5.41) is 12.6. The second-order valence-electron chi connectivity index (χ2n) is 5.52. The fourth-order valence-corrected chi connectivity index (χ4v) is 2.82. The average molecular weight is 291 g/mol. The molecule has 1 saturated heterocycles. The maximum absolute atomic E-state index is 12.8. The molecule has 5 heteroatoms. The molecule has 0 radical (unpaired) electrons. The Hall–Kier alpha value is -1.62. The van der Waals surface area contributed by atoms with Gasteiger partial charge in [-0.3, -0.25) is 4.79 Å². The molecule has 1 atom stereocenters. The second-order valence-corrected chi connectivity index (χ2v) is 5.52. The Morgan fingerprint density at radius 1 is 1.43 bits per heavy atom. The van der Waals surface area contributed by atoms with Crippen molar-refractivity contribution < 1.29 is 9.90 Å². The molecule has 116 valence electrons. The number of amides is 1. The number of aliphatic hydroxyl groups excluding tert-OH is 1. The smallest absolute Gasteiger partial charge is 0.254 e. The van der Waals surface area contributed by atoms with Crippen LogP contribution in [0.2, 0.25) is 0 Å². The Kier molecular flexibility index (Phi) is 5.56. The number of aromatic nitrogens is 1. The Labute approximate surface area is 126 Å². The summed E-state index contributed by atoms with van der Waals surface area (Å²) in [5.41, 5.74) is 1.56. The van der Waals surface area contributed by atoms with Gasteiger partial charge in [0.2, 0.25) is 0 Å². The quantitative estimate of drug-likeness (QED) is 0.891. The summed E-state index contributed by atoms with van der Waals surface area (Å²) < 4.78 is 0. The third-order valence-electron chi connectivity index (χ3n) is 4.09. The van der Waals surface area contributed by atoms with Crippen LogP contribution >= 0.6 is 0 Å². The van der Waals surface area contributed by atoms with E-state index in [9.17, 15) is 9.90 Å². The molecule has 1 aliphatic heterocycles. The molecule has 1 amide bonds. The number of nitrogens with zero attached hydrogens (tertiary/aromatic N) is 2. The first-order chi connectivity index (χ1) is 10.2. The number of anilines is 1. The molecule has 0 aliphatic carbocycles. The number of hydrogen-bond acceptors (Lipinski definition) is 4. The summed E-state index contributed by atoms with van der Waals surface area (Å²) in [4.78, 5) is 19.1. The molecular formula is C16H25N3O2. The summed E-state index contributed by atoms with van der Waals surface area (Å²) in [6.07, 6.45) is 4.88. The van der Waals surface area contributed by atoms with E-state index in [2.05, 4.69) is 10.3 Å². The first kappa shape index (κ1) is 15.8. The van der Waals surface area contributed by atoms with E-state index >= 15 is 0 Å². The number of nitrogens with one attached hydrogen (secondary N) is 1. The van der Waals surface area contributed by atoms with Gasteiger partial charge in [-0.15, -0.1) is 0 Å². The van der Waals surface area contributed by atoms with Crippen molar-refractivity contribution in [1.29, 1.82) is 0 Å². The van der Waals surface area contributed by atoms with Crippen molar-refractivity contribution in [3.05, 3.63) is 23.4 Å². The Morgan fingerprint density at radius 3 is 2.90 bits per heavy atom. The van der Waals surface area contributed by atoms with Crippen LogP contribution in [0.25, 0.3) is 0 Å². The van der Waals surface area contributed by atoms with Gasteiger partial charge < -0.3 is 15.3 Å². The van der Waals surface area contributed by atoms with E-state index in [0.29, 0.717) is 11.4 Å². The molecule has 2 rings (SSSR count). The second kappa shape index (κ2) is 7.41. The zero-order chi connectivity index (χ0) is 15.2. The van der Waals surface area contributed by atoms with Crippen molar-refractivity contribution in [1.82, 2.24) is 9.88 Å². The summed E-state index contributed by atoms with van der Waals surface area (Å²) >= 11 is 0. The molecule has 1 aromatic rings. The maximum Gasteiger partial charge on any atom is 0.254 e. The summed E-state index contributed by atoms with van der Waals surface area (Å²) in [7, 11) is 1.80. The maximum atomic E-state index is 12.8. The molecule has 21 heavy (non-hydrogen) atoms. The van der Waals surface area contributed by atoms with Gasteiger partial charge in [0.1, 0.15) is 5.82 Å². The third-order valence-corrected chi connectivity index (χ3v) is 4.09. The first-order valence-corrected chi connectivity index (χ1v) is 7.80. The number of aliphatic hydroxyl groups is 1. The summed E-state index contributed by atoms with van der Waals surface area (Å²) in [5.74, 6) is 0.720. The topological polar surface area (TPSA) is 65.5 Å². The lowest BCUT2D eigenvalue weighted by Gasteiger charge is -2.29. The van der Waals surface area contributed by atoms with Crippen LogP contribution in [0.1, 0.15) is 48.7 Å². The molecule has 0 aromatic carbocycles. The van der Waals surface area contributed by atoms with Gasteiger partial charge in [0.25, 0.3) is 5.91 Å². The predicted molar refractivity (Wildman–Crippen MR) is 83.5 cm³/mol. The number of likely N-dealkylation sites (tertiary alicyclic amines) is 1. The van der Waals surface area contributed by atoms with Crippen LogP contribution in [0.15, 0.2) is 12.1 Å². The van der Waals surface area contributed by atoms with E-state index in [0.717, 1.165) is 44.3 Å². The Morgan fingerprint density at radius 2 is 2.24 bits per heavy atom. The SMILES string of the molecule is CCc1cc(C(=O)N2CCCCCC2CO)cc(NC)n1. The largest absolute Gasteiger partial charge is 0.394 e. The summed E-state index contributed by atoms with van der Waals surface area (Å²) in [6, 6.07) is 3.60. The number of aryl methyl sites for hydroxylation is 1. The molecule has 0 bridgehead atoms. The zero-order valence-corrected chi connectivity index (χ0v) is 12.9. The molecule has 0 spiro atoms. The minimum atomic E-state index is -0.0590. The van der Waals surface area contributed by atoms with Crippen molar-refractivity contribution >= 4 is 11.7 Å². The van der Waals surface area contributed by atoms with E-state index < -0.39 is 0 Å². The van der Waals surface area contributed by atoms with E-state index in [1.165, 1.54) is 0 Å². The van der Waals surface area contributed by atoms with Gasteiger partial charge in [0, 0.05) is 24.8 Å². The fourth-order valence-electron chi connectivity index (χ4n) is 2.82. The number of hydrogen-bond donors (Lipinski definition) is 2. The van der Waals surface area contributed by atoms with Gasteiger partial charge >= 0.3 is 0 Å². The Balaban J connectivity index is 2.28. The minimum Gasteiger partial charge on any atom is -0.394 e. The van der Waals surface area contributed by atoms with Crippen LogP contribution in [0.4, 0.5) is 5.82 Å². The highest BCUT2D eigenvalue weighted by molar-refractivity contribution is 5.95. The molecule has 5 nitrogen and oxygen atoms in total. The fraction of sp³-hybridized carbons (Fsp3) is 0.625. The normalized spacial score (nSPS) is 19.2. The minimum absolute atomic E-state index is 0.00421.